The Hall–Kier alpha value is -1.69. The highest BCUT2D eigenvalue weighted by Gasteiger charge is 2.06. The molecule has 1 rings (SSSR count). The Morgan fingerprint density at radius 2 is 2.21 bits per heavy atom. The molecule has 0 radical (unpaired) electrons. The van der Waals surface area contributed by atoms with E-state index in [9.17, 15) is 5.11 Å². The number of aryl methyl sites for hydroxylation is 1. The number of phenolic OH excluding ortho intramolecular Hbond substituents is 1. The van der Waals surface area contributed by atoms with Crippen LogP contribution in [0.4, 0.5) is 0 Å². The first-order valence-electron chi connectivity index (χ1n) is 4.42. The summed E-state index contributed by atoms with van der Waals surface area (Å²) in [6.07, 6.45) is 1.09. The van der Waals surface area contributed by atoms with E-state index in [0.717, 1.165) is 11.1 Å². The third-order valence-electron chi connectivity index (χ3n) is 2.14. The predicted octanol–water partition coefficient (Wildman–Crippen LogP) is 2.17. The van der Waals surface area contributed by atoms with Gasteiger partial charge in [-0.1, -0.05) is 0 Å². The van der Waals surface area contributed by atoms with Crippen LogP contribution in [0.3, 0.4) is 0 Å². The molecule has 0 aliphatic rings. The number of phenols is 1. The van der Waals surface area contributed by atoms with Gasteiger partial charge >= 0.3 is 0 Å². The average Bonchev–Trinajstić information content (AvgIpc) is 2.19. The Balaban J connectivity index is 2.98. The highest BCUT2D eigenvalue weighted by atomic mass is 16.5. The Morgan fingerprint density at radius 1 is 1.50 bits per heavy atom. The van der Waals surface area contributed by atoms with Crippen molar-refractivity contribution < 1.29 is 9.84 Å². The Kier molecular flexibility index (Phi) is 3.35. The molecule has 0 spiro atoms. The summed E-state index contributed by atoms with van der Waals surface area (Å²) in [6.45, 7) is 1.79. The van der Waals surface area contributed by atoms with Crippen molar-refractivity contribution in [1.29, 1.82) is 5.26 Å². The molecule has 3 nitrogen and oxygen atoms in total. The number of nitrogens with zero attached hydrogens (tertiary/aromatic N) is 1. The molecular weight excluding hydrogens is 178 g/mol. The van der Waals surface area contributed by atoms with Crippen LogP contribution in [-0.4, -0.2) is 12.2 Å². The van der Waals surface area contributed by atoms with Crippen LogP contribution < -0.4 is 4.74 Å². The number of aromatic hydroxyl groups is 1. The maximum absolute atomic E-state index is 9.55. The van der Waals surface area contributed by atoms with E-state index < -0.39 is 0 Å². The number of rotatable bonds is 3. The summed E-state index contributed by atoms with van der Waals surface area (Å²) in [7, 11) is 1.57. The minimum absolute atomic E-state index is 0.220. The number of ether oxygens (including phenoxy) is 1. The molecule has 14 heavy (non-hydrogen) atoms. The number of hydrogen-bond acceptors (Lipinski definition) is 3. The molecule has 1 N–H and O–H groups in total. The molecule has 0 heterocycles. The highest BCUT2D eigenvalue weighted by molar-refractivity contribution is 5.46. The smallest absolute Gasteiger partial charge is 0.125 e. The summed E-state index contributed by atoms with van der Waals surface area (Å²) >= 11 is 0. The lowest BCUT2D eigenvalue weighted by atomic mass is 10.1. The first kappa shape index (κ1) is 10.4. The predicted molar refractivity (Wildman–Crippen MR) is 53.3 cm³/mol. The van der Waals surface area contributed by atoms with Gasteiger partial charge in [0.05, 0.1) is 13.2 Å². The van der Waals surface area contributed by atoms with Crippen molar-refractivity contribution in [2.75, 3.05) is 7.11 Å². The molecular formula is C11H13NO2. The molecule has 0 amide bonds. The van der Waals surface area contributed by atoms with Gasteiger partial charge in [-0.05, 0) is 31.0 Å². The van der Waals surface area contributed by atoms with E-state index in [2.05, 4.69) is 6.07 Å². The van der Waals surface area contributed by atoms with Crippen molar-refractivity contribution in [1.82, 2.24) is 0 Å². The summed E-state index contributed by atoms with van der Waals surface area (Å²) in [5.74, 6) is 0.884. The van der Waals surface area contributed by atoms with Crippen LogP contribution in [0, 0.1) is 18.3 Å². The van der Waals surface area contributed by atoms with E-state index in [0.29, 0.717) is 18.6 Å². The molecule has 0 atom stereocenters. The lowest BCUT2D eigenvalue weighted by Gasteiger charge is -2.08. The van der Waals surface area contributed by atoms with Gasteiger partial charge in [-0.2, -0.15) is 5.26 Å². The van der Waals surface area contributed by atoms with Crippen LogP contribution in [0.5, 0.6) is 11.5 Å². The van der Waals surface area contributed by atoms with E-state index in [1.807, 2.05) is 6.07 Å². The van der Waals surface area contributed by atoms with Crippen molar-refractivity contribution >= 4 is 0 Å². The van der Waals surface area contributed by atoms with Gasteiger partial charge in [0.25, 0.3) is 0 Å². The zero-order valence-corrected chi connectivity index (χ0v) is 8.37. The van der Waals surface area contributed by atoms with Crippen molar-refractivity contribution in [2.45, 2.75) is 19.8 Å². The molecule has 1 aromatic carbocycles. The van der Waals surface area contributed by atoms with Gasteiger partial charge in [-0.25, -0.2) is 0 Å². The normalized spacial score (nSPS) is 9.50. The first-order chi connectivity index (χ1) is 6.69. The van der Waals surface area contributed by atoms with Crippen LogP contribution in [-0.2, 0) is 6.42 Å². The molecule has 74 valence electrons. The lowest BCUT2D eigenvalue weighted by molar-refractivity contribution is 0.402. The Morgan fingerprint density at radius 3 is 2.79 bits per heavy atom. The van der Waals surface area contributed by atoms with Gasteiger partial charge in [0.15, 0.2) is 0 Å². The highest BCUT2D eigenvalue weighted by Crippen LogP contribution is 2.28. The maximum Gasteiger partial charge on any atom is 0.125 e. The van der Waals surface area contributed by atoms with Crippen LogP contribution in [0.2, 0.25) is 0 Å². The van der Waals surface area contributed by atoms with Crippen molar-refractivity contribution in [3.05, 3.63) is 23.3 Å². The SMILES string of the molecule is COc1cc(CCC#N)cc(O)c1C. The molecule has 0 aliphatic carbocycles. The molecule has 0 saturated heterocycles. The Bertz CT molecular complexity index is 366. The van der Waals surface area contributed by atoms with Crippen LogP contribution in [0.15, 0.2) is 12.1 Å². The topological polar surface area (TPSA) is 53.2 Å². The second kappa shape index (κ2) is 4.52. The second-order valence-electron chi connectivity index (χ2n) is 3.10. The number of hydrogen-bond donors (Lipinski definition) is 1. The molecule has 0 aliphatic heterocycles. The third kappa shape index (κ3) is 2.17. The fourth-order valence-corrected chi connectivity index (χ4v) is 1.28. The van der Waals surface area contributed by atoms with Gasteiger partial charge in [-0.3, -0.25) is 0 Å². The maximum atomic E-state index is 9.55. The van der Waals surface area contributed by atoms with Gasteiger partial charge < -0.3 is 9.84 Å². The van der Waals surface area contributed by atoms with E-state index in [1.54, 1.807) is 20.1 Å². The zero-order valence-electron chi connectivity index (χ0n) is 8.37. The molecule has 0 unspecified atom stereocenters. The van der Waals surface area contributed by atoms with Crippen molar-refractivity contribution in [2.24, 2.45) is 0 Å². The first-order valence-corrected chi connectivity index (χ1v) is 4.42. The van der Waals surface area contributed by atoms with Crippen LogP contribution >= 0.6 is 0 Å². The number of methoxy groups -OCH3 is 1. The molecule has 0 bridgehead atoms. The molecule has 0 fully saturated rings. The third-order valence-corrected chi connectivity index (χ3v) is 2.14. The summed E-state index contributed by atoms with van der Waals surface area (Å²) < 4.78 is 5.10. The van der Waals surface area contributed by atoms with E-state index in [1.165, 1.54) is 0 Å². The van der Waals surface area contributed by atoms with Crippen molar-refractivity contribution in [3.8, 4) is 17.6 Å². The van der Waals surface area contributed by atoms with Crippen LogP contribution in [0.25, 0.3) is 0 Å². The summed E-state index contributed by atoms with van der Waals surface area (Å²) in [5.41, 5.74) is 1.65. The Labute approximate surface area is 83.6 Å². The zero-order chi connectivity index (χ0) is 10.6. The van der Waals surface area contributed by atoms with E-state index in [-0.39, 0.29) is 5.75 Å². The summed E-state index contributed by atoms with van der Waals surface area (Å²) in [4.78, 5) is 0. The largest absolute Gasteiger partial charge is 0.508 e. The fraction of sp³-hybridized carbons (Fsp3) is 0.364. The van der Waals surface area contributed by atoms with Gasteiger partial charge in [0.1, 0.15) is 11.5 Å². The quantitative estimate of drug-likeness (QED) is 0.796. The molecule has 1 aromatic rings. The number of benzene rings is 1. The van der Waals surface area contributed by atoms with Crippen LogP contribution in [0.1, 0.15) is 17.5 Å². The molecule has 0 aromatic heterocycles. The second-order valence-corrected chi connectivity index (χ2v) is 3.10. The monoisotopic (exact) mass is 191 g/mol. The fourth-order valence-electron chi connectivity index (χ4n) is 1.28. The van der Waals surface area contributed by atoms with Crippen molar-refractivity contribution in [3.63, 3.8) is 0 Å². The van der Waals surface area contributed by atoms with E-state index >= 15 is 0 Å². The minimum atomic E-state index is 0.220. The van der Waals surface area contributed by atoms with Gasteiger partial charge in [0, 0.05) is 12.0 Å². The minimum Gasteiger partial charge on any atom is -0.508 e. The van der Waals surface area contributed by atoms with Gasteiger partial charge in [-0.15, -0.1) is 0 Å². The summed E-state index contributed by atoms with van der Waals surface area (Å²) in [5, 5.41) is 18.0. The average molecular weight is 191 g/mol. The summed E-state index contributed by atoms with van der Waals surface area (Å²) in [6, 6.07) is 5.59. The van der Waals surface area contributed by atoms with E-state index in [4.69, 9.17) is 10.00 Å². The standard InChI is InChI=1S/C11H13NO2/c1-8-10(13)6-9(4-3-5-12)7-11(8)14-2/h6-7,13H,3-4H2,1-2H3. The van der Waals surface area contributed by atoms with Gasteiger partial charge in [0.2, 0.25) is 0 Å². The number of nitriles is 1. The molecule has 0 saturated carbocycles. The molecule has 3 heteroatoms. The lowest BCUT2D eigenvalue weighted by Crippen LogP contribution is -1.91.